The Balaban J connectivity index is 1.76. The Kier molecular flexibility index (Phi) is 2.47. The summed E-state index contributed by atoms with van der Waals surface area (Å²) in [5.41, 5.74) is 1.65. The van der Waals surface area contributed by atoms with E-state index in [4.69, 9.17) is 4.74 Å². The van der Waals surface area contributed by atoms with Crippen molar-refractivity contribution in [2.75, 3.05) is 4.90 Å². The largest absolute Gasteiger partial charge is 0.365 e. The summed E-state index contributed by atoms with van der Waals surface area (Å²) in [4.78, 5) is 26.5. The maximum atomic E-state index is 12.6. The number of nitrogens with zero attached hydrogens (tertiary/aromatic N) is 1. The minimum Gasteiger partial charge on any atom is -0.365 e. The highest BCUT2D eigenvalue weighted by atomic mass is 79.9. The highest BCUT2D eigenvalue weighted by molar-refractivity contribution is 9.10. The number of carbonyl (C=O) groups is 2. The lowest BCUT2D eigenvalue weighted by atomic mass is 9.85. The summed E-state index contributed by atoms with van der Waals surface area (Å²) >= 11 is 3.43. The Bertz CT molecular complexity index is 639. The van der Waals surface area contributed by atoms with Gasteiger partial charge in [-0.1, -0.05) is 28.1 Å². The van der Waals surface area contributed by atoms with Crippen LogP contribution in [0.15, 0.2) is 34.8 Å². The van der Waals surface area contributed by atoms with E-state index in [0.717, 1.165) is 10.0 Å². The number of benzene rings is 1. The first kappa shape index (κ1) is 12.3. The summed E-state index contributed by atoms with van der Waals surface area (Å²) < 4.78 is 6.58. The molecule has 0 spiro atoms. The molecule has 5 heteroatoms. The van der Waals surface area contributed by atoms with E-state index >= 15 is 0 Å². The number of rotatable bonds is 1. The molecule has 2 amide bonds. The fourth-order valence-corrected chi connectivity index (χ4v) is 3.57. The van der Waals surface area contributed by atoms with Gasteiger partial charge in [-0.25, -0.2) is 4.90 Å². The molecule has 0 radical (unpaired) electrons. The maximum absolute atomic E-state index is 12.6. The number of amides is 2. The molecule has 2 saturated heterocycles. The van der Waals surface area contributed by atoms with Crippen LogP contribution in [0, 0.1) is 18.8 Å². The third-order valence-electron chi connectivity index (χ3n) is 4.31. The SMILES string of the molecule is Cc1cc(N2C(=O)C3C4C=CC(O4)[C@H]3C2=O)ccc1Br. The quantitative estimate of drug-likeness (QED) is 0.584. The van der Waals surface area contributed by atoms with Gasteiger partial charge in [0.15, 0.2) is 0 Å². The van der Waals surface area contributed by atoms with Crippen molar-refractivity contribution in [3.63, 3.8) is 0 Å². The van der Waals surface area contributed by atoms with E-state index in [0.29, 0.717) is 5.69 Å². The summed E-state index contributed by atoms with van der Waals surface area (Å²) in [7, 11) is 0. The second-order valence-electron chi connectivity index (χ2n) is 5.45. The standard InChI is InChI=1S/C15H12BrNO3/c1-7-6-8(2-3-9(7)16)17-14(18)12-10-4-5-11(20-10)13(12)15(17)19/h2-6,10-13H,1H3/t10?,11?,12-,13?/m1/s1. The van der Waals surface area contributed by atoms with Crippen LogP contribution in [-0.4, -0.2) is 24.0 Å². The molecule has 0 aliphatic carbocycles. The number of imide groups is 1. The van der Waals surface area contributed by atoms with Crippen molar-refractivity contribution >= 4 is 33.4 Å². The van der Waals surface area contributed by atoms with E-state index in [-0.39, 0.29) is 35.9 Å². The van der Waals surface area contributed by atoms with Gasteiger partial charge in [-0.2, -0.15) is 0 Å². The van der Waals surface area contributed by atoms with Crippen molar-refractivity contribution in [1.29, 1.82) is 0 Å². The van der Waals surface area contributed by atoms with Crippen LogP contribution in [0.3, 0.4) is 0 Å². The first-order valence-corrected chi connectivity index (χ1v) is 7.35. The zero-order valence-corrected chi connectivity index (χ0v) is 12.3. The molecule has 4 nitrogen and oxygen atoms in total. The molecule has 2 bridgehead atoms. The maximum Gasteiger partial charge on any atom is 0.240 e. The van der Waals surface area contributed by atoms with Crippen molar-refractivity contribution in [2.45, 2.75) is 19.1 Å². The first-order valence-electron chi connectivity index (χ1n) is 6.55. The van der Waals surface area contributed by atoms with Gasteiger partial charge in [0.05, 0.1) is 29.7 Å². The number of hydrogen-bond donors (Lipinski definition) is 0. The van der Waals surface area contributed by atoms with E-state index in [2.05, 4.69) is 15.9 Å². The van der Waals surface area contributed by atoms with Gasteiger partial charge in [-0.3, -0.25) is 9.59 Å². The Labute approximate surface area is 124 Å². The third kappa shape index (κ3) is 1.45. The Hall–Kier alpha value is -1.46. The van der Waals surface area contributed by atoms with Gasteiger partial charge in [-0.05, 0) is 30.7 Å². The highest BCUT2D eigenvalue weighted by Crippen LogP contribution is 2.46. The monoisotopic (exact) mass is 333 g/mol. The molecule has 1 aromatic rings. The molecule has 4 atom stereocenters. The van der Waals surface area contributed by atoms with E-state index in [9.17, 15) is 9.59 Å². The van der Waals surface area contributed by atoms with Crippen LogP contribution in [0.25, 0.3) is 0 Å². The summed E-state index contributed by atoms with van der Waals surface area (Å²) in [6.07, 6.45) is 3.33. The minimum absolute atomic E-state index is 0.140. The Morgan fingerprint density at radius 2 is 1.70 bits per heavy atom. The molecule has 4 rings (SSSR count). The first-order chi connectivity index (χ1) is 9.58. The predicted octanol–water partition coefficient (Wildman–Crippen LogP) is 2.20. The van der Waals surface area contributed by atoms with Gasteiger partial charge in [0.25, 0.3) is 0 Å². The number of aryl methyl sites for hydroxylation is 1. The Morgan fingerprint density at radius 1 is 1.10 bits per heavy atom. The van der Waals surface area contributed by atoms with Gasteiger partial charge in [0.2, 0.25) is 11.8 Å². The molecule has 0 aromatic heterocycles. The lowest BCUT2D eigenvalue weighted by Crippen LogP contribution is -2.34. The van der Waals surface area contributed by atoms with E-state index < -0.39 is 0 Å². The summed E-state index contributed by atoms with van der Waals surface area (Å²) in [5.74, 6) is -0.972. The molecule has 0 saturated carbocycles. The number of ether oxygens (including phenoxy) is 1. The zero-order chi connectivity index (χ0) is 14.0. The van der Waals surface area contributed by atoms with Gasteiger partial charge >= 0.3 is 0 Å². The number of hydrogen-bond acceptors (Lipinski definition) is 3. The van der Waals surface area contributed by atoms with Crippen LogP contribution >= 0.6 is 15.9 Å². The van der Waals surface area contributed by atoms with Crippen LogP contribution in [0.5, 0.6) is 0 Å². The van der Waals surface area contributed by atoms with Crippen molar-refractivity contribution in [2.24, 2.45) is 11.8 Å². The topological polar surface area (TPSA) is 46.6 Å². The number of fused-ring (bicyclic) bond motifs is 5. The summed E-state index contributed by atoms with van der Waals surface area (Å²) in [6.45, 7) is 1.94. The zero-order valence-electron chi connectivity index (χ0n) is 10.7. The highest BCUT2D eigenvalue weighted by Gasteiger charge is 2.60. The molecule has 2 fully saturated rings. The normalized spacial score (nSPS) is 34.2. The molecule has 0 N–H and O–H groups in total. The Morgan fingerprint density at radius 3 is 2.25 bits per heavy atom. The molecule has 3 unspecified atom stereocenters. The average molecular weight is 334 g/mol. The van der Waals surface area contributed by atoms with E-state index in [1.54, 1.807) is 6.07 Å². The van der Waals surface area contributed by atoms with Gasteiger partial charge in [-0.15, -0.1) is 0 Å². The van der Waals surface area contributed by atoms with Crippen molar-refractivity contribution in [1.82, 2.24) is 0 Å². The molecule has 1 aromatic carbocycles. The molecule has 3 heterocycles. The number of halogens is 1. The number of anilines is 1. The molecular formula is C15H12BrNO3. The second kappa shape index (κ2) is 4.02. The van der Waals surface area contributed by atoms with Gasteiger partial charge in [0, 0.05) is 4.47 Å². The van der Waals surface area contributed by atoms with E-state index in [1.807, 2.05) is 31.2 Å². The molecule has 20 heavy (non-hydrogen) atoms. The fourth-order valence-electron chi connectivity index (χ4n) is 3.33. The van der Waals surface area contributed by atoms with Crippen LogP contribution in [0.1, 0.15) is 5.56 Å². The third-order valence-corrected chi connectivity index (χ3v) is 5.20. The fraction of sp³-hybridized carbons (Fsp3) is 0.333. The van der Waals surface area contributed by atoms with E-state index in [1.165, 1.54) is 4.90 Å². The molecule has 102 valence electrons. The van der Waals surface area contributed by atoms with Crippen LogP contribution in [-0.2, 0) is 14.3 Å². The minimum atomic E-state index is -0.346. The van der Waals surface area contributed by atoms with Crippen LogP contribution in [0.2, 0.25) is 0 Å². The number of carbonyl (C=O) groups excluding carboxylic acids is 2. The van der Waals surface area contributed by atoms with Crippen molar-refractivity contribution in [3.05, 3.63) is 40.4 Å². The van der Waals surface area contributed by atoms with Gasteiger partial charge < -0.3 is 4.74 Å². The average Bonchev–Trinajstić information content (AvgIpc) is 3.08. The summed E-state index contributed by atoms with van der Waals surface area (Å²) in [5, 5.41) is 0. The summed E-state index contributed by atoms with van der Waals surface area (Å²) in [6, 6.07) is 5.52. The van der Waals surface area contributed by atoms with Crippen LogP contribution in [0.4, 0.5) is 5.69 Å². The molecule has 3 aliphatic heterocycles. The molecular weight excluding hydrogens is 322 g/mol. The lowest BCUT2D eigenvalue weighted by Gasteiger charge is -2.18. The van der Waals surface area contributed by atoms with Crippen LogP contribution < -0.4 is 4.90 Å². The second-order valence-corrected chi connectivity index (χ2v) is 6.30. The van der Waals surface area contributed by atoms with Crippen molar-refractivity contribution < 1.29 is 14.3 Å². The lowest BCUT2D eigenvalue weighted by molar-refractivity contribution is -0.124. The van der Waals surface area contributed by atoms with Gasteiger partial charge in [0.1, 0.15) is 0 Å². The van der Waals surface area contributed by atoms with Crippen molar-refractivity contribution in [3.8, 4) is 0 Å². The smallest absolute Gasteiger partial charge is 0.240 e. The molecule has 3 aliphatic rings. The predicted molar refractivity (Wildman–Crippen MR) is 76.2 cm³/mol.